The molecule has 0 aliphatic carbocycles. The van der Waals surface area contributed by atoms with E-state index < -0.39 is 17.9 Å². The van der Waals surface area contributed by atoms with Gasteiger partial charge in [-0.2, -0.15) is 0 Å². The smallest absolute Gasteiger partial charge is 0.382 e. The van der Waals surface area contributed by atoms with Crippen molar-refractivity contribution in [3.8, 4) is 0 Å². The van der Waals surface area contributed by atoms with E-state index in [9.17, 15) is 9.59 Å². The topological polar surface area (TPSA) is 56.5 Å². The van der Waals surface area contributed by atoms with E-state index in [1.54, 1.807) is 18.2 Å². The Kier molecular flexibility index (Phi) is 2.41. The van der Waals surface area contributed by atoms with E-state index in [-0.39, 0.29) is 5.76 Å². The lowest BCUT2D eigenvalue weighted by molar-refractivity contribution is -0.140. The lowest BCUT2D eigenvalue weighted by Crippen LogP contribution is -2.26. The number of rotatable bonds is 1. The maximum absolute atomic E-state index is 11.7. The first-order valence-electron chi connectivity index (χ1n) is 5.59. The minimum atomic E-state index is -0.730. The first kappa shape index (κ1) is 11.3. The number of benzene rings is 1. The Morgan fingerprint density at radius 1 is 1.33 bits per heavy atom. The monoisotopic (exact) mass is 264 g/mol. The van der Waals surface area contributed by atoms with Gasteiger partial charge in [-0.25, -0.2) is 4.79 Å². The van der Waals surface area contributed by atoms with Gasteiger partial charge in [-0.15, -0.1) is 0 Å². The van der Waals surface area contributed by atoms with Gasteiger partial charge in [0.1, 0.15) is 5.58 Å². The summed E-state index contributed by atoms with van der Waals surface area (Å²) in [6.45, 7) is 1.86. The van der Waals surface area contributed by atoms with Crippen LogP contribution in [0.1, 0.15) is 35.4 Å². The van der Waals surface area contributed by atoms with Gasteiger partial charge >= 0.3 is 11.9 Å². The average Bonchev–Trinajstić information content (AvgIpc) is 2.69. The minimum Gasteiger partial charge on any atom is -0.449 e. The van der Waals surface area contributed by atoms with Crippen molar-refractivity contribution in [3.05, 3.63) is 34.5 Å². The Bertz CT molecular complexity index is 671. The van der Waals surface area contributed by atoms with Crippen LogP contribution in [-0.4, -0.2) is 11.9 Å². The molecule has 5 heteroatoms. The van der Waals surface area contributed by atoms with Crippen molar-refractivity contribution in [3.63, 3.8) is 0 Å². The van der Waals surface area contributed by atoms with E-state index in [0.717, 1.165) is 0 Å². The number of esters is 2. The molecule has 1 aliphatic rings. The van der Waals surface area contributed by atoms with Crippen molar-refractivity contribution in [2.75, 3.05) is 0 Å². The van der Waals surface area contributed by atoms with Crippen LogP contribution >= 0.6 is 11.6 Å². The fraction of sp³-hybridized carbons (Fsp3) is 0.231. The Labute approximate surface area is 107 Å². The van der Waals surface area contributed by atoms with Crippen LogP contribution in [-0.2, 0) is 9.53 Å². The standard InChI is InChI=1S/C13H9ClO4/c1-2-7-10-8-5-6(14)3-4-9(8)17-11(10)13(16)18-12(7)15/h3-5,7H,2H2,1H3. The highest BCUT2D eigenvalue weighted by molar-refractivity contribution is 6.31. The Morgan fingerprint density at radius 2 is 2.11 bits per heavy atom. The van der Waals surface area contributed by atoms with Gasteiger partial charge in [-0.1, -0.05) is 18.5 Å². The second-order valence-corrected chi connectivity index (χ2v) is 4.59. The molecule has 2 aromatic rings. The van der Waals surface area contributed by atoms with Crippen LogP contribution in [0.15, 0.2) is 22.6 Å². The van der Waals surface area contributed by atoms with Crippen LogP contribution < -0.4 is 0 Å². The highest BCUT2D eigenvalue weighted by Gasteiger charge is 2.38. The maximum atomic E-state index is 11.7. The molecular formula is C13H9ClO4. The molecule has 1 atom stereocenters. The summed E-state index contributed by atoms with van der Waals surface area (Å²) in [5.41, 5.74) is 1.13. The van der Waals surface area contributed by atoms with Gasteiger partial charge < -0.3 is 9.15 Å². The molecule has 0 fully saturated rings. The molecule has 4 nitrogen and oxygen atoms in total. The Morgan fingerprint density at radius 3 is 2.83 bits per heavy atom. The third kappa shape index (κ3) is 1.46. The molecule has 92 valence electrons. The summed E-state index contributed by atoms with van der Waals surface area (Å²) in [6.07, 6.45) is 0.542. The van der Waals surface area contributed by atoms with E-state index in [1.165, 1.54) is 0 Å². The molecule has 0 saturated carbocycles. The molecule has 3 rings (SSSR count). The van der Waals surface area contributed by atoms with Crippen molar-refractivity contribution >= 4 is 34.5 Å². The van der Waals surface area contributed by atoms with Crippen molar-refractivity contribution in [1.82, 2.24) is 0 Å². The Balaban J connectivity index is 2.36. The summed E-state index contributed by atoms with van der Waals surface area (Å²) in [4.78, 5) is 23.3. The van der Waals surface area contributed by atoms with E-state index in [1.807, 2.05) is 6.92 Å². The zero-order valence-electron chi connectivity index (χ0n) is 9.53. The van der Waals surface area contributed by atoms with Gasteiger partial charge in [0.05, 0.1) is 5.92 Å². The molecule has 1 aromatic heterocycles. The number of cyclic esters (lactones) is 2. The minimum absolute atomic E-state index is 0.110. The van der Waals surface area contributed by atoms with E-state index in [2.05, 4.69) is 4.74 Å². The Hall–Kier alpha value is -1.81. The van der Waals surface area contributed by atoms with Gasteiger partial charge in [-0.3, -0.25) is 4.79 Å². The van der Waals surface area contributed by atoms with Gasteiger partial charge in [0.2, 0.25) is 5.76 Å². The SMILES string of the molecule is CCC1C(=O)OC(=O)c2oc3ccc(Cl)cc3c21. The van der Waals surface area contributed by atoms with Crippen molar-refractivity contribution in [2.24, 2.45) is 0 Å². The number of fused-ring (bicyclic) bond motifs is 3. The average molecular weight is 265 g/mol. The molecular weight excluding hydrogens is 256 g/mol. The predicted octanol–water partition coefficient (Wildman–Crippen LogP) is 3.28. The normalized spacial score (nSPS) is 18.9. The zero-order chi connectivity index (χ0) is 12.9. The van der Waals surface area contributed by atoms with E-state index >= 15 is 0 Å². The third-order valence-corrected chi connectivity index (χ3v) is 3.34. The van der Waals surface area contributed by atoms with Crippen LogP contribution in [0.2, 0.25) is 5.02 Å². The third-order valence-electron chi connectivity index (χ3n) is 3.11. The van der Waals surface area contributed by atoms with Crippen LogP contribution in [0.5, 0.6) is 0 Å². The number of hydrogen-bond donors (Lipinski definition) is 0. The summed E-state index contributed by atoms with van der Waals surface area (Å²) < 4.78 is 10.1. The largest absolute Gasteiger partial charge is 0.449 e. The fourth-order valence-electron chi connectivity index (χ4n) is 2.28. The van der Waals surface area contributed by atoms with Crippen molar-refractivity contribution in [1.29, 1.82) is 0 Å². The first-order chi connectivity index (χ1) is 8.61. The van der Waals surface area contributed by atoms with E-state index in [0.29, 0.717) is 28.0 Å². The molecule has 1 unspecified atom stereocenters. The summed E-state index contributed by atoms with van der Waals surface area (Å²) in [5.74, 6) is -1.62. The fourth-order valence-corrected chi connectivity index (χ4v) is 2.46. The maximum Gasteiger partial charge on any atom is 0.382 e. The van der Waals surface area contributed by atoms with Gasteiger partial charge in [0, 0.05) is 16.0 Å². The molecule has 1 aromatic carbocycles. The van der Waals surface area contributed by atoms with Crippen molar-refractivity contribution < 1.29 is 18.7 Å². The highest BCUT2D eigenvalue weighted by atomic mass is 35.5. The lowest BCUT2D eigenvalue weighted by Gasteiger charge is -2.17. The molecule has 0 saturated heterocycles. The molecule has 1 aliphatic heterocycles. The molecule has 0 radical (unpaired) electrons. The molecule has 0 amide bonds. The number of ether oxygens (including phenoxy) is 1. The highest BCUT2D eigenvalue weighted by Crippen LogP contribution is 2.38. The lowest BCUT2D eigenvalue weighted by atomic mass is 9.92. The number of carbonyl (C=O) groups is 2. The van der Waals surface area contributed by atoms with E-state index in [4.69, 9.17) is 16.0 Å². The van der Waals surface area contributed by atoms with Crippen LogP contribution in [0, 0.1) is 0 Å². The summed E-state index contributed by atoms with van der Waals surface area (Å²) >= 11 is 5.94. The summed E-state index contributed by atoms with van der Waals surface area (Å²) in [7, 11) is 0. The van der Waals surface area contributed by atoms with Crippen LogP contribution in [0.3, 0.4) is 0 Å². The zero-order valence-corrected chi connectivity index (χ0v) is 10.3. The molecule has 18 heavy (non-hydrogen) atoms. The second-order valence-electron chi connectivity index (χ2n) is 4.15. The van der Waals surface area contributed by atoms with Gasteiger partial charge in [0.15, 0.2) is 0 Å². The second kappa shape index (κ2) is 3.85. The number of halogens is 1. The number of hydrogen-bond acceptors (Lipinski definition) is 4. The first-order valence-corrected chi connectivity index (χ1v) is 5.97. The van der Waals surface area contributed by atoms with Crippen LogP contribution in [0.25, 0.3) is 11.0 Å². The van der Waals surface area contributed by atoms with Gasteiger partial charge in [-0.05, 0) is 24.6 Å². The predicted molar refractivity (Wildman–Crippen MR) is 64.7 cm³/mol. The summed E-state index contributed by atoms with van der Waals surface area (Å²) in [5, 5.41) is 1.24. The molecule has 0 N–H and O–H groups in total. The van der Waals surface area contributed by atoms with Gasteiger partial charge in [0.25, 0.3) is 0 Å². The van der Waals surface area contributed by atoms with Crippen LogP contribution in [0.4, 0.5) is 0 Å². The molecule has 0 spiro atoms. The van der Waals surface area contributed by atoms with Crippen molar-refractivity contribution in [2.45, 2.75) is 19.3 Å². The molecule has 0 bridgehead atoms. The quantitative estimate of drug-likeness (QED) is 0.586. The summed E-state index contributed by atoms with van der Waals surface area (Å²) in [6, 6.07) is 5.06. The molecule has 2 heterocycles. The number of carbonyl (C=O) groups excluding carboxylic acids is 2. The number of furan rings is 1.